The Bertz CT molecular complexity index is 650. The number of aromatic nitrogens is 3. The van der Waals surface area contributed by atoms with E-state index in [2.05, 4.69) is 20.9 Å². The molecule has 7 nitrogen and oxygen atoms in total. The van der Waals surface area contributed by atoms with Crippen molar-refractivity contribution in [1.29, 1.82) is 0 Å². The number of hydrogen-bond donors (Lipinski definition) is 2. The van der Waals surface area contributed by atoms with Crippen LogP contribution in [0.3, 0.4) is 0 Å². The van der Waals surface area contributed by atoms with Crippen molar-refractivity contribution in [3.63, 3.8) is 0 Å². The summed E-state index contributed by atoms with van der Waals surface area (Å²) in [6, 6.07) is 7.64. The molecule has 1 aromatic heterocycles. The maximum atomic E-state index is 12.0. The number of rotatable bonds is 5. The Kier molecular flexibility index (Phi) is 4.65. The van der Waals surface area contributed by atoms with E-state index in [1.807, 2.05) is 31.2 Å². The highest BCUT2D eigenvalue weighted by atomic mass is 16.2. The summed E-state index contributed by atoms with van der Waals surface area (Å²) in [6.07, 6.45) is 2.35. The molecule has 0 saturated carbocycles. The third-order valence-electron chi connectivity index (χ3n) is 2.82. The standard InChI is InChI=1S/C14H17N5O2/c1-3-11-6-4-5-7-12(11)16-14(21)9-19-8-13(17-18-19)15-10(2)20/h4-8H,3,9H2,1-2H3,(H,15,20)(H,16,21). The molecule has 0 aliphatic carbocycles. The Hall–Kier alpha value is -2.70. The van der Waals surface area contributed by atoms with Gasteiger partial charge in [0.25, 0.3) is 0 Å². The van der Waals surface area contributed by atoms with Gasteiger partial charge in [-0.3, -0.25) is 9.59 Å². The smallest absolute Gasteiger partial charge is 0.246 e. The Morgan fingerprint density at radius 3 is 2.71 bits per heavy atom. The number of para-hydroxylation sites is 1. The molecule has 21 heavy (non-hydrogen) atoms. The van der Waals surface area contributed by atoms with E-state index >= 15 is 0 Å². The van der Waals surface area contributed by atoms with Gasteiger partial charge in [0.1, 0.15) is 6.54 Å². The van der Waals surface area contributed by atoms with Gasteiger partial charge in [0.2, 0.25) is 11.8 Å². The van der Waals surface area contributed by atoms with Crippen LogP contribution in [0.15, 0.2) is 30.5 Å². The zero-order valence-electron chi connectivity index (χ0n) is 12.0. The normalized spacial score (nSPS) is 10.2. The van der Waals surface area contributed by atoms with Crippen molar-refractivity contribution in [2.24, 2.45) is 0 Å². The van der Waals surface area contributed by atoms with Crippen LogP contribution in [0.5, 0.6) is 0 Å². The lowest BCUT2D eigenvalue weighted by Gasteiger charge is -2.09. The lowest BCUT2D eigenvalue weighted by atomic mass is 10.1. The number of aryl methyl sites for hydroxylation is 1. The van der Waals surface area contributed by atoms with Gasteiger partial charge in [-0.15, -0.1) is 5.10 Å². The van der Waals surface area contributed by atoms with Crippen molar-refractivity contribution in [2.45, 2.75) is 26.8 Å². The van der Waals surface area contributed by atoms with Gasteiger partial charge in [-0.25, -0.2) is 4.68 Å². The first-order valence-electron chi connectivity index (χ1n) is 6.64. The zero-order valence-corrected chi connectivity index (χ0v) is 12.0. The minimum absolute atomic E-state index is 0.0324. The van der Waals surface area contributed by atoms with Crippen LogP contribution in [0.2, 0.25) is 0 Å². The van der Waals surface area contributed by atoms with E-state index < -0.39 is 0 Å². The van der Waals surface area contributed by atoms with Crippen molar-refractivity contribution in [3.05, 3.63) is 36.0 Å². The Labute approximate surface area is 122 Å². The average molecular weight is 287 g/mol. The second kappa shape index (κ2) is 6.65. The summed E-state index contributed by atoms with van der Waals surface area (Å²) in [7, 11) is 0. The number of nitrogens with zero attached hydrogens (tertiary/aromatic N) is 3. The number of carbonyl (C=O) groups excluding carboxylic acids is 2. The first-order valence-corrected chi connectivity index (χ1v) is 6.64. The fourth-order valence-corrected chi connectivity index (χ4v) is 1.90. The van der Waals surface area contributed by atoms with Crippen molar-refractivity contribution >= 4 is 23.3 Å². The van der Waals surface area contributed by atoms with Crippen molar-refractivity contribution in [1.82, 2.24) is 15.0 Å². The topological polar surface area (TPSA) is 88.9 Å². The minimum Gasteiger partial charge on any atom is -0.324 e. The van der Waals surface area contributed by atoms with E-state index in [-0.39, 0.29) is 18.4 Å². The van der Waals surface area contributed by atoms with Gasteiger partial charge in [-0.05, 0) is 18.1 Å². The number of benzene rings is 1. The van der Waals surface area contributed by atoms with Crippen LogP contribution in [0.1, 0.15) is 19.4 Å². The number of carbonyl (C=O) groups is 2. The molecule has 0 fully saturated rings. The molecule has 0 spiro atoms. The quantitative estimate of drug-likeness (QED) is 0.870. The SMILES string of the molecule is CCc1ccccc1NC(=O)Cn1cc(NC(C)=O)nn1. The van der Waals surface area contributed by atoms with Gasteiger partial charge in [0, 0.05) is 12.6 Å². The van der Waals surface area contributed by atoms with Crippen molar-refractivity contribution in [2.75, 3.05) is 10.6 Å². The molecule has 0 unspecified atom stereocenters. The third kappa shape index (κ3) is 4.13. The van der Waals surface area contributed by atoms with Gasteiger partial charge >= 0.3 is 0 Å². The van der Waals surface area contributed by atoms with Gasteiger partial charge in [0.05, 0.1) is 6.20 Å². The predicted octanol–water partition coefficient (Wildman–Crippen LogP) is 1.44. The molecule has 110 valence electrons. The van der Waals surface area contributed by atoms with Crippen molar-refractivity contribution < 1.29 is 9.59 Å². The molecule has 1 aromatic carbocycles. The molecule has 0 bridgehead atoms. The summed E-state index contributed by atoms with van der Waals surface area (Å²) in [4.78, 5) is 22.9. The van der Waals surface area contributed by atoms with E-state index in [0.717, 1.165) is 17.7 Å². The first kappa shape index (κ1) is 14.7. The van der Waals surface area contributed by atoms with Crippen LogP contribution in [0.25, 0.3) is 0 Å². The predicted molar refractivity (Wildman–Crippen MR) is 78.8 cm³/mol. The van der Waals surface area contributed by atoms with Crippen LogP contribution < -0.4 is 10.6 Å². The maximum absolute atomic E-state index is 12.0. The van der Waals surface area contributed by atoms with Gasteiger partial charge in [-0.1, -0.05) is 30.3 Å². The van der Waals surface area contributed by atoms with Crippen LogP contribution >= 0.6 is 0 Å². The summed E-state index contributed by atoms with van der Waals surface area (Å²) >= 11 is 0. The Balaban J connectivity index is 1.98. The summed E-state index contributed by atoms with van der Waals surface area (Å²) in [6.45, 7) is 3.44. The summed E-state index contributed by atoms with van der Waals surface area (Å²) in [5.41, 5.74) is 1.87. The van der Waals surface area contributed by atoms with E-state index in [1.54, 1.807) is 0 Å². The summed E-state index contributed by atoms with van der Waals surface area (Å²) in [5, 5.41) is 12.9. The lowest BCUT2D eigenvalue weighted by molar-refractivity contribution is -0.117. The molecule has 1 heterocycles. The molecule has 2 rings (SSSR count). The van der Waals surface area contributed by atoms with E-state index in [4.69, 9.17) is 0 Å². The summed E-state index contributed by atoms with van der Waals surface area (Å²) in [5.74, 6) is -0.109. The highest BCUT2D eigenvalue weighted by Crippen LogP contribution is 2.15. The van der Waals surface area contributed by atoms with Crippen LogP contribution in [0.4, 0.5) is 11.5 Å². The zero-order chi connectivity index (χ0) is 15.2. The number of amides is 2. The minimum atomic E-state index is -0.233. The van der Waals surface area contributed by atoms with Gasteiger partial charge < -0.3 is 10.6 Å². The Morgan fingerprint density at radius 2 is 2.00 bits per heavy atom. The van der Waals surface area contributed by atoms with Crippen molar-refractivity contribution in [3.8, 4) is 0 Å². The molecule has 0 aliphatic rings. The molecule has 7 heteroatoms. The summed E-state index contributed by atoms with van der Waals surface area (Å²) < 4.78 is 1.37. The molecule has 2 N–H and O–H groups in total. The van der Waals surface area contributed by atoms with E-state index in [1.165, 1.54) is 17.8 Å². The highest BCUT2D eigenvalue weighted by Gasteiger charge is 2.08. The number of nitrogens with one attached hydrogen (secondary N) is 2. The van der Waals surface area contributed by atoms with Crippen LogP contribution in [-0.2, 0) is 22.6 Å². The number of hydrogen-bond acceptors (Lipinski definition) is 4. The Morgan fingerprint density at radius 1 is 1.24 bits per heavy atom. The molecule has 2 amide bonds. The molecular weight excluding hydrogens is 270 g/mol. The van der Waals surface area contributed by atoms with Crippen LogP contribution in [0, 0.1) is 0 Å². The van der Waals surface area contributed by atoms with E-state index in [9.17, 15) is 9.59 Å². The second-order valence-electron chi connectivity index (χ2n) is 4.54. The highest BCUT2D eigenvalue weighted by molar-refractivity contribution is 5.91. The molecule has 2 aromatic rings. The average Bonchev–Trinajstić information content (AvgIpc) is 2.85. The first-order chi connectivity index (χ1) is 10.1. The van der Waals surface area contributed by atoms with Gasteiger partial charge in [0.15, 0.2) is 5.82 Å². The molecular formula is C14H17N5O2. The monoisotopic (exact) mass is 287 g/mol. The lowest BCUT2D eigenvalue weighted by Crippen LogP contribution is -2.19. The third-order valence-corrected chi connectivity index (χ3v) is 2.82. The maximum Gasteiger partial charge on any atom is 0.246 e. The molecule has 0 atom stereocenters. The fourth-order valence-electron chi connectivity index (χ4n) is 1.90. The second-order valence-corrected chi connectivity index (χ2v) is 4.54. The largest absolute Gasteiger partial charge is 0.324 e. The van der Waals surface area contributed by atoms with Crippen LogP contribution in [-0.4, -0.2) is 26.8 Å². The number of anilines is 2. The fraction of sp³-hybridized carbons (Fsp3) is 0.286. The van der Waals surface area contributed by atoms with Gasteiger partial charge in [-0.2, -0.15) is 0 Å². The molecule has 0 saturated heterocycles. The van der Waals surface area contributed by atoms with E-state index in [0.29, 0.717) is 5.82 Å². The molecule has 0 radical (unpaired) electrons. The molecule has 0 aliphatic heterocycles.